The number of nitrogens with two attached hydrogens (primary N) is 1. The highest BCUT2D eigenvalue weighted by Gasteiger charge is 2.57. The Morgan fingerprint density at radius 2 is 1.76 bits per heavy atom. The summed E-state index contributed by atoms with van der Waals surface area (Å²) in [6, 6.07) is 7.27. The van der Waals surface area contributed by atoms with Crippen molar-refractivity contribution in [2.75, 3.05) is 0 Å². The second-order valence-corrected chi connectivity index (χ2v) is 5.06. The van der Waals surface area contributed by atoms with Gasteiger partial charge < -0.3 is 10.5 Å². The van der Waals surface area contributed by atoms with Crippen molar-refractivity contribution in [3.63, 3.8) is 0 Å². The van der Waals surface area contributed by atoms with E-state index < -0.39 is 11.8 Å². The van der Waals surface area contributed by atoms with Crippen LogP contribution in [0.15, 0.2) is 24.3 Å². The Hall–Kier alpha value is -1.16. The van der Waals surface area contributed by atoms with Crippen molar-refractivity contribution in [1.29, 1.82) is 0 Å². The van der Waals surface area contributed by atoms with Crippen LogP contribution in [-0.2, 0) is 0 Å². The summed E-state index contributed by atoms with van der Waals surface area (Å²) in [7, 11) is 0. The Balaban J connectivity index is 1.61. The Labute approximate surface area is 98.8 Å². The fourth-order valence-corrected chi connectivity index (χ4v) is 2.25. The van der Waals surface area contributed by atoms with Crippen LogP contribution in [-0.4, -0.2) is 18.1 Å². The molecule has 0 radical (unpaired) electrons. The number of benzene rings is 1. The fourth-order valence-electron chi connectivity index (χ4n) is 2.25. The molecule has 0 aromatic heterocycles. The Morgan fingerprint density at radius 1 is 1.18 bits per heavy atom. The van der Waals surface area contributed by atoms with Gasteiger partial charge in [-0.1, -0.05) is 12.1 Å². The van der Waals surface area contributed by atoms with Crippen LogP contribution in [0.25, 0.3) is 0 Å². The van der Waals surface area contributed by atoms with Crippen LogP contribution >= 0.6 is 0 Å². The summed E-state index contributed by atoms with van der Waals surface area (Å²) in [5.74, 6) is -2.34. The summed E-state index contributed by atoms with van der Waals surface area (Å²) in [5.41, 5.74) is 6.36. The standard InChI is InChI=1S/C13H15F2NO/c14-13(15)7-12(13)8-1-3-10(4-2-8)17-11-5-9(16)6-11/h1-4,9,11-12H,5-7,16H2/t9?,11?,12-/m1/s1. The largest absolute Gasteiger partial charge is 0.490 e. The van der Waals surface area contributed by atoms with E-state index in [0.29, 0.717) is 5.56 Å². The smallest absolute Gasteiger partial charge is 0.255 e. The van der Waals surface area contributed by atoms with E-state index in [2.05, 4.69) is 0 Å². The van der Waals surface area contributed by atoms with E-state index >= 15 is 0 Å². The molecule has 2 N–H and O–H groups in total. The molecule has 1 aromatic rings. The highest BCUT2D eigenvalue weighted by atomic mass is 19.3. The molecule has 17 heavy (non-hydrogen) atoms. The van der Waals surface area contributed by atoms with Gasteiger partial charge in [0.25, 0.3) is 5.92 Å². The Kier molecular flexibility index (Phi) is 2.36. The highest BCUT2D eigenvalue weighted by molar-refractivity contribution is 5.34. The molecule has 2 saturated carbocycles. The van der Waals surface area contributed by atoms with E-state index in [1.54, 1.807) is 24.3 Å². The molecule has 2 fully saturated rings. The third-order valence-electron chi connectivity index (χ3n) is 3.54. The average molecular weight is 239 g/mol. The average Bonchev–Trinajstić information content (AvgIpc) is 2.87. The van der Waals surface area contributed by atoms with Gasteiger partial charge in [-0.3, -0.25) is 0 Å². The maximum Gasteiger partial charge on any atom is 0.255 e. The molecular formula is C13H15F2NO. The van der Waals surface area contributed by atoms with Gasteiger partial charge in [-0.15, -0.1) is 0 Å². The summed E-state index contributed by atoms with van der Waals surface area (Å²) in [6.07, 6.45) is 1.92. The van der Waals surface area contributed by atoms with E-state index in [4.69, 9.17) is 10.5 Å². The molecule has 0 bridgehead atoms. The van der Waals surface area contributed by atoms with Crippen LogP contribution in [0.4, 0.5) is 8.78 Å². The van der Waals surface area contributed by atoms with Crippen molar-refractivity contribution in [1.82, 2.24) is 0 Å². The monoisotopic (exact) mass is 239 g/mol. The predicted octanol–water partition coefficient (Wildman–Crippen LogP) is 2.68. The van der Waals surface area contributed by atoms with E-state index in [0.717, 1.165) is 18.6 Å². The first-order chi connectivity index (χ1) is 8.04. The van der Waals surface area contributed by atoms with Crippen LogP contribution < -0.4 is 10.5 Å². The SMILES string of the molecule is NC1CC(Oc2ccc([C@H]3CC3(F)F)cc2)C1. The fraction of sp³-hybridized carbons (Fsp3) is 0.538. The second kappa shape index (κ2) is 3.67. The first-order valence-corrected chi connectivity index (χ1v) is 5.94. The molecule has 0 amide bonds. The van der Waals surface area contributed by atoms with Gasteiger partial charge in [0, 0.05) is 12.5 Å². The minimum Gasteiger partial charge on any atom is -0.490 e. The van der Waals surface area contributed by atoms with Crippen molar-refractivity contribution in [3.05, 3.63) is 29.8 Å². The molecule has 2 aliphatic carbocycles. The highest BCUT2D eigenvalue weighted by Crippen LogP contribution is 2.55. The lowest BCUT2D eigenvalue weighted by Crippen LogP contribution is -2.43. The topological polar surface area (TPSA) is 35.2 Å². The van der Waals surface area contributed by atoms with Gasteiger partial charge in [0.15, 0.2) is 0 Å². The van der Waals surface area contributed by atoms with Gasteiger partial charge in [0.05, 0.1) is 5.92 Å². The van der Waals surface area contributed by atoms with Crippen LogP contribution in [0.1, 0.15) is 30.7 Å². The molecule has 0 spiro atoms. The second-order valence-electron chi connectivity index (χ2n) is 5.06. The maximum atomic E-state index is 12.9. The zero-order valence-corrected chi connectivity index (χ0v) is 9.40. The quantitative estimate of drug-likeness (QED) is 0.880. The predicted molar refractivity (Wildman–Crippen MR) is 60.4 cm³/mol. The minimum atomic E-state index is -2.50. The van der Waals surface area contributed by atoms with Crippen molar-refractivity contribution in [2.45, 2.75) is 43.2 Å². The van der Waals surface area contributed by atoms with E-state index in [9.17, 15) is 8.78 Å². The van der Waals surface area contributed by atoms with Crippen molar-refractivity contribution in [3.8, 4) is 5.75 Å². The van der Waals surface area contributed by atoms with Crippen molar-refractivity contribution >= 4 is 0 Å². The molecule has 1 aromatic carbocycles. The van der Waals surface area contributed by atoms with E-state index in [-0.39, 0.29) is 18.6 Å². The van der Waals surface area contributed by atoms with Crippen LogP contribution in [0, 0.1) is 0 Å². The molecule has 92 valence electrons. The molecule has 2 aliphatic rings. The molecule has 0 aliphatic heterocycles. The Morgan fingerprint density at radius 3 is 2.24 bits per heavy atom. The zero-order chi connectivity index (χ0) is 12.0. The number of ether oxygens (including phenoxy) is 1. The third kappa shape index (κ3) is 2.14. The summed E-state index contributed by atoms with van der Waals surface area (Å²) < 4.78 is 31.4. The lowest BCUT2D eigenvalue weighted by atomic mass is 9.90. The summed E-state index contributed by atoms with van der Waals surface area (Å²) in [5, 5.41) is 0. The van der Waals surface area contributed by atoms with Crippen molar-refractivity contribution in [2.24, 2.45) is 5.73 Å². The lowest BCUT2D eigenvalue weighted by molar-refractivity contribution is 0.101. The minimum absolute atomic E-state index is 0.0231. The zero-order valence-electron chi connectivity index (χ0n) is 9.40. The molecule has 3 rings (SSSR count). The molecular weight excluding hydrogens is 224 g/mol. The molecule has 0 saturated heterocycles. The summed E-state index contributed by atoms with van der Waals surface area (Å²) in [6.45, 7) is 0. The molecule has 1 atom stereocenters. The van der Waals surface area contributed by atoms with Gasteiger partial charge in [0.1, 0.15) is 11.9 Å². The van der Waals surface area contributed by atoms with Gasteiger partial charge in [-0.2, -0.15) is 0 Å². The number of rotatable bonds is 3. The number of hydrogen-bond acceptors (Lipinski definition) is 2. The number of halogens is 2. The Bertz CT molecular complexity index is 412. The number of alkyl halides is 2. The van der Waals surface area contributed by atoms with Crippen molar-refractivity contribution < 1.29 is 13.5 Å². The van der Waals surface area contributed by atoms with E-state index in [1.807, 2.05) is 0 Å². The van der Waals surface area contributed by atoms with Gasteiger partial charge >= 0.3 is 0 Å². The molecule has 2 nitrogen and oxygen atoms in total. The van der Waals surface area contributed by atoms with Gasteiger partial charge in [-0.25, -0.2) is 8.78 Å². The molecule has 0 heterocycles. The third-order valence-corrected chi connectivity index (χ3v) is 3.54. The first-order valence-electron chi connectivity index (χ1n) is 5.94. The van der Waals surface area contributed by atoms with Crippen LogP contribution in [0.3, 0.4) is 0 Å². The normalized spacial score (nSPS) is 33.9. The lowest BCUT2D eigenvalue weighted by Gasteiger charge is -2.32. The van der Waals surface area contributed by atoms with Crippen LogP contribution in [0.5, 0.6) is 5.75 Å². The summed E-state index contributed by atoms with van der Waals surface area (Å²) in [4.78, 5) is 0. The molecule has 0 unspecified atom stereocenters. The van der Waals surface area contributed by atoms with Gasteiger partial charge in [0.2, 0.25) is 0 Å². The molecule has 4 heteroatoms. The van der Waals surface area contributed by atoms with E-state index in [1.165, 1.54) is 0 Å². The van der Waals surface area contributed by atoms with Crippen LogP contribution in [0.2, 0.25) is 0 Å². The van der Waals surface area contributed by atoms with Gasteiger partial charge in [-0.05, 0) is 30.5 Å². The first kappa shape index (κ1) is 11.0. The number of hydrogen-bond donors (Lipinski definition) is 1. The summed E-state index contributed by atoms with van der Waals surface area (Å²) >= 11 is 0. The maximum absolute atomic E-state index is 12.9.